The zero-order chi connectivity index (χ0) is 31.8. The molecule has 0 heterocycles. The summed E-state index contributed by atoms with van der Waals surface area (Å²) in [5.41, 5.74) is 0. The van der Waals surface area contributed by atoms with Crippen molar-refractivity contribution < 1.29 is 24.0 Å². The number of carbonyl (C=O) groups excluding carboxylic acids is 5. The van der Waals surface area contributed by atoms with Crippen LogP contribution in [0.4, 0.5) is 0 Å². The zero-order valence-electron chi connectivity index (χ0n) is 25.3. The Hall–Kier alpha value is -1.64. The van der Waals surface area contributed by atoms with Crippen LogP contribution < -0.4 is 21.2 Å². The summed E-state index contributed by atoms with van der Waals surface area (Å²) in [4.78, 5) is 62.5. The minimum atomic E-state index is -0.516. The van der Waals surface area contributed by atoms with Gasteiger partial charge in [-0.15, -0.1) is 11.7 Å². The van der Waals surface area contributed by atoms with E-state index in [1.165, 1.54) is 15.7 Å². The molecule has 0 atom stereocenters. The highest BCUT2D eigenvalue weighted by atomic mass is 33.1. The maximum atomic E-state index is 12.6. The fourth-order valence-corrected chi connectivity index (χ4v) is 4.33. The number of nitrogens with one attached hydrogen (secondary N) is 4. The first-order chi connectivity index (χ1) is 19.9. The lowest BCUT2D eigenvalue weighted by atomic mass is 10.0. The van der Waals surface area contributed by atoms with E-state index in [0.29, 0.717) is 51.9 Å². The Bertz CT molecular complexity index is 827. The first-order valence-corrected chi connectivity index (χ1v) is 16.4. The third kappa shape index (κ3) is 22.9. The Labute approximate surface area is 265 Å². The summed E-state index contributed by atoms with van der Waals surface area (Å²) in [7, 11) is 17.0. The van der Waals surface area contributed by atoms with Crippen molar-refractivity contribution in [3.63, 3.8) is 0 Å². The van der Waals surface area contributed by atoms with Gasteiger partial charge in [0.2, 0.25) is 31.6 Å². The molecule has 16 heteroatoms. The second-order valence-electron chi connectivity index (χ2n) is 10.7. The van der Waals surface area contributed by atoms with Crippen molar-refractivity contribution in [2.75, 3.05) is 45.8 Å². The number of hydrogen-bond acceptors (Lipinski definition) is 9. The lowest BCUT2D eigenvalue weighted by Gasteiger charge is -2.21. The Morgan fingerprint density at radius 2 is 1.10 bits per heavy atom. The van der Waals surface area contributed by atoms with Crippen LogP contribution in [-0.4, -0.2) is 114 Å². The van der Waals surface area contributed by atoms with Gasteiger partial charge in [0, 0.05) is 32.5 Å². The van der Waals surface area contributed by atoms with E-state index < -0.39 is 4.75 Å². The number of carbonyl (C=O) groups is 5. The van der Waals surface area contributed by atoms with Crippen LogP contribution in [0.3, 0.4) is 0 Å². The maximum absolute atomic E-state index is 12.6. The van der Waals surface area contributed by atoms with Crippen molar-refractivity contribution in [2.45, 2.75) is 89.2 Å². The van der Waals surface area contributed by atoms with E-state index in [-0.39, 0.29) is 55.5 Å². The molecular formula is C26H47B3N6O5S2. The fourth-order valence-electron chi connectivity index (χ4n) is 3.82. The van der Waals surface area contributed by atoms with Crippen LogP contribution in [0.15, 0.2) is 0 Å². The molecular weight excluding hydrogens is 573 g/mol. The monoisotopic (exact) mass is 620 g/mol. The summed E-state index contributed by atoms with van der Waals surface area (Å²) in [5, 5.41) is 10.5. The first kappa shape index (κ1) is 40.4. The van der Waals surface area contributed by atoms with E-state index >= 15 is 0 Å². The molecule has 0 fully saturated rings. The van der Waals surface area contributed by atoms with Crippen LogP contribution in [0.25, 0.3) is 0 Å². The minimum Gasteiger partial charge on any atom is -0.409 e. The van der Waals surface area contributed by atoms with Crippen molar-refractivity contribution in [1.82, 2.24) is 30.8 Å². The van der Waals surface area contributed by atoms with Gasteiger partial charge >= 0.3 is 0 Å². The molecule has 232 valence electrons. The van der Waals surface area contributed by atoms with Crippen LogP contribution in [-0.2, 0) is 24.0 Å². The van der Waals surface area contributed by atoms with Gasteiger partial charge in [-0.3, -0.25) is 28.9 Å². The highest BCUT2D eigenvalue weighted by molar-refractivity contribution is 8.69. The predicted molar refractivity (Wildman–Crippen MR) is 174 cm³/mol. The van der Waals surface area contributed by atoms with E-state index in [0.717, 1.165) is 43.2 Å². The second kappa shape index (κ2) is 24.8. The summed E-state index contributed by atoms with van der Waals surface area (Å²) in [6.45, 7) is 5.25. The van der Waals surface area contributed by atoms with Crippen LogP contribution in [0, 0.1) is 0 Å². The molecule has 0 aliphatic rings. The Kier molecular flexibility index (Phi) is 23.8. The standard InChI is InChI=1S/C26H47B3N6O5S2/c1-26(2,42-41)21(36)12-6-5-9-15-31-24(39)19-34(20-25(40)32-16-10-7-13-22(37)33-27)18-23(38)30-14-8-3-4-11-17-35(28)29/h41H,3-20H2,1-2H3,(H,30,38)(H,31,39)(H,32,40)(H,33,37). The quantitative estimate of drug-likeness (QED) is 0.0409. The largest absolute Gasteiger partial charge is 0.409 e. The Morgan fingerprint density at radius 1 is 0.667 bits per heavy atom. The number of nitrogens with zero attached hydrogens (tertiary/aromatic N) is 2. The fraction of sp³-hybridized carbons (Fsp3) is 0.808. The summed E-state index contributed by atoms with van der Waals surface area (Å²) in [6.07, 6.45) is 7.62. The van der Waals surface area contributed by atoms with Crippen molar-refractivity contribution in [3.05, 3.63) is 0 Å². The SMILES string of the molecule is [B]NC(=O)CCCCNC(=O)CN(CC(=O)NCCCCCCN([B])[B])CC(=O)NCCCCCC(=O)C(C)(C)SS. The molecule has 0 aromatic carbocycles. The van der Waals surface area contributed by atoms with Crippen LogP contribution in [0.1, 0.15) is 84.5 Å². The number of thiol groups is 1. The number of unbranched alkanes of at least 4 members (excludes halogenated alkanes) is 6. The Morgan fingerprint density at radius 3 is 1.55 bits per heavy atom. The summed E-state index contributed by atoms with van der Waals surface area (Å²) < 4.78 is 0.634. The molecule has 6 radical (unpaired) electrons. The summed E-state index contributed by atoms with van der Waals surface area (Å²) >= 11 is 4.15. The summed E-state index contributed by atoms with van der Waals surface area (Å²) in [5.74, 6) is -1.01. The molecule has 42 heavy (non-hydrogen) atoms. The molecule has 0 spiro atoms. The third-order valence-electron chi connectivity index (χ3n) is 6.38. The number of hydrogen-bond donors (Lipinski definition) is 5. The smallest absolute Gasteiger partial charge is 0.234 e. The number of Topliss-reactive ketones (excluding diaryl/α,β-unsaturated/α-hetero) is 1. The van der Waals surface area contributed by atoms with Crippen LogP contribution in [0.2, 0.25) is 0 Å². The van der Waals surface area contributed by atoms with Gasteiger partial charge in [0.15, 0.2) is 16.0 Å². The van der Waals surface area contributed by atoms with Crippen molar-refractivity contribution in [1.29, 1.82) is 0 Å². The highest BCUT2D eigenvalue weighted by Gasteiger charge is 2.26. The zero-order valence-corrected chi connectivity index (χ0v) is 27.0. The second-order valence-corrected chi connectivity index (χ2v) is 12.5. The average molecular weight is 620 g/mol. The molecule has 4 N–H and O–H groups in total. The van der Waals surface area contributed by atoms with Gasteiger partial charge in [0.25, 0.3) is 0 Å². The minimum absolute atomic E-state index is 0.103. The third-order valence-corrected chi connectivity index (χ3v) is 8.44. The van der Waals surface area contributed by atoms with E-state index in [2.05, 4.69) is 32.8 Å². The molecule has 0 aromatic rings. The molecule has 0 aliphatic heterocycles. The van der Waals surface area contributed by atoms with Crippen LogP contribution in [0.5, 0.6) is 0 Å². The average Bonchev–Trinajstić information content (AvgIpc) is 2.93. The van der Waals surface area contributed by atoms with Crippen molar-refractivity contribution in [3.8, 4) is 0 Å². The number of rotatable bonds is 26. The van der Waals surface area contributed by atoms with E-state index in [9.17, 15) is 24.0 Å². The van der Waals surface area contributed by atoms with E-state index in [1.54, 1.807) is 0 Å². The molecule has 4 amide bonds. The molecule has 0 unspecified atom stereocenters. The molecule has 0 aromatic heterocycles. The van der Waals surface area contributed by atoms with Crippen molar-refractivity contribution >= 4 is 75.8 Å². The van der Waals surface area contributed by atoms with Gasteiger partial charge in [-0.2, -0.15) is 0 Å². The molecule has 11 nitrogen and oxygen atoms in total. The van der Waals surface area contributed by atoms with Gasteiger partial charge in [-0.1, -0.05) is 30.1 Å². The lowest BCUT2D eigenvalue weighted by Crippen LogP contribution is -2.47. The molecule has 0 bridgehead atoms. The highest BCUT2D eigenvalue weighted by Crippen LogP contribution is 2.30. The maximum Gasteiger partial charge on any atom is 0.234 e. The molecule has 0 aliphatic carbocycles. The van der Waals surface area contributed by atoms with Crippen molar-refractivity contribution in [2.24, 2.45) is 0 Å². The van der Waals surface area contributed by atoms with E-state index in [1.807, 2.05) is 13.8 Å². The number of amides is 4. The first-order valence-electron chi connectivity index (χ1n) is 14.6. The topological polar surface area (TPSA) is 140 Å². The molecule has 0 saturated heterocycles. The molecule has 0 rings (SSSR count). The summed E-state index contributed by atoms with van der Waals surface area (Å²) in [6, 6.07) is 0. The molecule has 0 saturated carbocycles. The van der Waals surface area contributed by atoms with Crippen LogP contribution >= 0.6 is 22.5 Å². The van der Waals surface area contributed by atoms with Gasteiger partial charge in [-0.25, -0.2) is 0 Å². The van der Waals surface area contributed by atoms with E-state index in [4.69, 9.17) is 23.9 Å². The van der Waals surface area contributed by atoms with Gasteiger partial charge in [0.1, 0.15) is 5.78 Å². The normalized spacial score (nSPS) is 11.4. The lowest BCUT2D eigenvalue weighted by molar-refractivity contribution is -0.128. The predicted octanol–water partition coefficient (Wildman–Crippen LogP) is 0.523. The van der Waals surface area contributed by atoms with Gasteiger partial charge < -0.3 is 25.9 Å². The van der Waals surface area contributed by atoms with Gasteiger partial charge in [-0.05, 0) is 58.9 Å². The van der Waals surface area contributed by atoms with Gasteiger partial charge in [0.05, 0.1) is 24.4 Å². The Balaban J connectivity index is 4.58. The number of ketones is 1.